The van der Waals surface area contributed by atoms with Crippen LogP contribution in [0.3, 0.4) is 0 Å². The third kappa shape index (κ3) is 9.38. The van der Waals surface area contributed by atoms with Crippen LogP contribution in [0.25, 0.3) is 21.0 Å². The summed E-state index contributed by atoms with van der Waals surface area (Å²) >= 11 is 13.4. The van der Waals surface area contributed by atoms with E-state index in [1.54, 1.807) is 71.9 Å². The van der Waals surface area contributed by atoms with Crippen LogP contribution in [-0.4, -0.2) is 51.9 Å². The number of hydrogen-bond acceptors (Lipinski definition) is 8. The molecule has 224 valence electrons. The molecule has 1 aromatic carbocycles. The zero-order valence-corrected chi connectivity index (χ0v) is 26.2. The SMILES string of the molecule is CC(C)(C)OC(=O)N(C(=O)OC(C)(C)C)c1ncc(-c2ccc(C(=O)N[C@H](CN=[N+]=[N-])Cc3ccc(Cl)cc3Cl)s2)[nH]1. The molecule has 0 aliphatic heterocycles. The quantitative estimate of drug-likeness (QED) is 0.146. The molecule has 2 aromatic heterocycles. The van der Waals surface area contributed by atoms with E-state index >= 15 is 0 Å². The first kappa shape index (κ1) is 32.7. The fourth-order valence-electron chi connectivity index (χ4n) is 3.52. The van der Waals surface area contributed by atoms with Gasteiger partial charge in [-0.15, -0.1) is 16.2 Å². The van der Waals surface area contributed by atoms with Crippen LogP contribution in [0.1, 0.15) is 56.8 Å². The molecule has 0 aliphatic rings. The number of H-pyrrole nitrogens is 1. The Morgan fingerprint density at radius 2 is 1.74 bits per heavy atom. The average Bonchev–Trinajstić information content (AvgIpc) is 3.52. The van der Waals surface area contributed by atoms with E-state index < -0.39 is 35.3 Å². The van der Waals surface area contributed by atoms with Crippen LogP contribution in [0.15, 0.2) is 41.6 Å². The van der Waals surface area contributed by atoms with Gasteiger partial charge in [-0.3, -0.25) is 4.79 Å². The lowest BCUT2D eigenvalue weighted by Crippen LogP contribution is -2.44. The topological polar surface area (TPSA) is 162 Å². The Hall–Kier alpha value is -3.77. The summed E-state index contributed by atoms with van der Waals surface area (Å²) in [5.41, 5.74) is 8.23. The van der Waals surface area contributed by atoms with Crippen molar-refractivity contribution < 1.29 is 23.9 Å². The van der Waals surface area contributed by atoms with Gasteiger partial charge in [-0.2, -0.15) is 0 Å². The minimum Gasteiger partial charge on any atom is -0.443 e. The van der Waals surface area contributed by atoms with Crippen LogP contribution in [-0.2, 0) is 15.9 Å². The van der Waals surface area contributed by atoms with Gasteiger partial charge in [0.1, 0.15) is 11.2 Å². The van der Waals surface area contributed by atoms with Gasteiger partial charge < -0.3 is 19.8 Å². The Labute approximate surface area is 256 Å². The van der Waals surface area contributed by atoms with Gasteiger partial charge in [0.2, 0.25) is 5.95 Å². The van der Waals surface area contributed by atoms with Gasteiger partial charge in [0.05, 0.1) is 21.6 Å². The summed E-state index contributed by atoms with van der Waals surface area (Å²) in [6.07, 6.45) is -0.183. The molecule has 0 saturated carbocycles. The maximum Gasteiger partial charge on any atom is 0.427 e. The molecule has 1 atom stereocenters. The number of aromatic amines is 1. The predicted octanol–water partition coefficient (Wildman–Crippen LogP) is 7.77. The number of anilines is 1. The molecule has 15 heteroatoms. The molecule has 3 aromatic rings. The van der Waals surface area contributed by atoms with E-state index in [1.165, 1.54) is 6.20 Å². The molecule has 2 heterocycles. The second kappa shape index (κ2) is 13.5. The highest BCUT2D eigenvalue weighted by molar-refractivity contribution is 7.17. The molecule has 2 N–H and O–H groups in total. The zero-order valence-electron chi connectivity index (χ0n) is 23.9. The molecule has 12 nitrogen and oxygen atoms in total. The van der Waals surface area contributed by atoms with E-state index in [-0.39, 0.29) is 12.5 Å². The van der Waals surface area contributed by atoms with Gasteiger partial charge in [-0.1, -0.05) is 34.4 Å². The number of nitrogens with zero attached hydrogens (tertiary/aromatic N) is 5. The summed E-state index contributed by atoms with van der Waals surface area (Å²) in [5.74, 6) is -0.500. The number of rotatable bonds is 8. The second-order valence-electron chi connectivity index (χ2n) is 11.1. The Morgan fingerprint density at radius 3 is 2.31 bits per heavy atom. The van der Waals surface area contributed by atoms with Crippen LogP contribution < -0.4 is 10.2 Å². The standard InChI is InChI=1S/C27H31Cl2N7O5S/c1-26(2,3)40-24(38)36(25(39)41-27(4,5)6)23-31-14-19(34-23)20-9-10-21(42-20)22(37)33-17(13-32-35-30)11-15-7-8-16(28)12-18(15)29/h7-10,12,14,17H,11,13H2,1-6H3,(H,31,34)(H,33,37)/t17-/m0/s1. The Morgan fingerprint density at radius 1 is 1.10 bits per heavy atom. The van der Waals surface area contributed by atoms with E-state index in [9.17, 15) is 14.4 Å². The smallest absolute Gasteiger partial charge is 0.427 e. The van der Waals surface area contributed by atoms with Crippen molar-refractivity contribution in [1.29, 1.82) is 0 Å². The van der Waals surface area contributed by atoms with Gasteiger partial charge in [0, 0.05) is 27.5 Å². The normalized spacial score (nSPS) is 12.2. The number of carbonyl (C=O) groups excluding carboxylic acids is 3. The summed E-state index contributed by atoms with van der Waals surface area (Å²) in [6, 6.07) is 7.81. The lowest BCUT2D eigenvalue weighted by molar-refractivity contribution is 0.0427. The van der Waals surface area contributed by atoms with Crippen LogP contribution in [0.5, 0.6) is 0 Å². The average molecular weight is 637 g/mol. The number of hydrogen-bond donors (Lipinski definition) is 2. The summed E-state index contributed by atoms with van der Waals surface area (Å²) in [7, 11) is 0. The molecule has 0 spiro atoms. The summed E-state index contributed by atoms with van der Waals surface area (Å²) in [6.45, 7) is 10.0. The predicted molar refractivity (Wildman–Crippen MR) is 162 cm³/mol. The van der Waals surface area contributed by atoms with Crippen molar-refractivity contribution in [3.63, 3.8) is 0 Å². The lowest BCUT2D eigenvalue weighted by Gasteiger charge is -2.27. The van der Waals surface area contributed by atoms with E-state index in [1.807, 2.05) is 0 Å². The zero-order chi connectivity index (χ0) is 31.2. The van der Waals surface area contributed by atoms with Crippen molar-refractivity contribution in [2.75, 3.05) is 11.4 Å². The summed E-state index contributed by atoms with van der Waals surface area (Å²) < 4.78 is 10.8. The van der Waals surface area contributed by atoms with Gasteiger partial charge in [-0.05, 0) is 83.3 Å². The molecule has 0 fully saturated rings. The van der Waals surface area contributed by atoms with E-state index in [4.69, 9.17) is 38.2 Å². The fourth-order valence-corrected chi connectivity index (χ4v) is 4.88. The highest BCUT2D eigenvalue weighted by atomic mass is 35.5. The highest BCUT2D eigenvalue weighted by Gasteiger charge is 2.34. The molecular formula is C27H31Cl2N7O5S. The molecule has 0 radical (unpaired) electrons. The number of halogens is 2. The molecule has 0 bridgehead atoms. The lowest BCUT2D eigenvalue weighted by atomic mass is 10.1. The molecule has 3 amide bonds. The number of carbonyl (C=O) groups is 3. The van der Waals surface area contributed by atoms with Crippen LogP contribution in [0, 0.1) is 0 Å². The first-order valence-corrected chi connectivity index (χ1v) is 14.3. The number of benzene rings is 1. The Balaban J connectivity index is 1.81. The molecule has 42 heavy (non-hydrogen) atoms. The monoisotopic (exact) mass is 635 g/mol. The minimum absolute atomic E-state index is 0.00843. The van der Waals surface area contributed by atoms with Crippen molar-refractivity contribution in [1.82, 2.24) is 15.3 Å². The molecule has 3 rings (SSSR count). The Kier molecular flexibility index (Phi) is 10.5. The second-order valence-corrected chi connectivity index (χ2v) is 13.0. The van der Waals surface area contributed by atoms with Crippen molar-refractivity contribution >= 4 is 58.6 Å². The third-order valence-corrected chi connectivity index (χ3v) is 6.91. The summed E-state index contributed by atoms with van der Waals surface area (Å²) in [4.78, 5) is 50.5. The van der Waals surface area contributed by atoms with Gasteiger partial charge in [0.25, 0.3) is 5.91 Å². The van der Waals surface area contributed by atoms with Crippen molar-refractivity contribution in [2.24, 2.45) is 5.11 Å². The van der Waals surface area contributed by atoms with Gasteiger partial charge >= 0.3 is 12.2 Å². The van der Waals surface area contributed by atoms with Crippen molar-refractivity contribution in [2.45, 2.75) is 65.2 Å². The number of imidazole rings is 1. The van der Waals surface area contributed by atoms with E-state index in [2.05, 4.69) is 25.3 Å². The molecular weight excluding hydrogens is 605 g/mol. The minimum atomic E-state index is -0.962. The van der Waals surface area contributed by atoms with E-state index in [0.717, 1.165) is 16.9 Å². The largest absolute Gasteiger partial charge is 0.443 e. The highest BCUT2D eigenvalue weighted by Crippen LogP contribution is 2.30. The molecule has 0 unspecified atom stereocenters. The first-order chi connectivity index (χ1) is 19.6. The molecule has 0 aliphatic carbocycles. The number of imide groups is 1. The summed E-state index contributed by atoms with van der Waals surface area (Å²) in [5, 5.41) is 7.40. The van der Waals surface area contributed by atoms with Crippen LogP contribution in [0.2, 0.25) is 10.0 Å². The third-order valence-electron chi connectivity index (χ3n) is 5.20. The molecule has 0 saturated heterocycles. The Bertz CT molecular complexity index is 1470. The number of aromatic nitrogens is 2. The van der Waals surface area contributed by atoms with Gasteiger partial charge in [-0.25, -0.2) is 14.6 Å². The number of ether oxygens (including phenoxy) is 2. The van der Waals surface area contributed by atoms with Crippen molar-refractivity contribution in [3.8, 4) is 10.6 Å². The van der Waals surface area contributed by atoms with Crippen LogP contribution in [0.4, 0.5) is 15.5 Å². The van der Waals surface area contributed by atoms with E-state index in [0.29, 0.717) is 36.8 Å². The van der Waals surface area contributed by atoms with Crippen LogP contribution >= 0.6 is 34.5 Å². The maximum absolute atomic E-state index is 13.1. The number of nitrogens with one attached hydrogen (secondary N) is 2. The number of azide groups is 1. The van der Waals surface area contributed by atoms with Crippen molar-refractivity contribution in [3.05, 3.63) is 67.5 Å². The maximum atomic E-state index is 13.1. The fraction of sp³-hybridized carbons (Fsp3) is 0.407. The van der Waals surface area contributed by atoms with Gasteiger partial charge in [0.15, 0.2) is 0 Å². The number of amides is 3. The number of thiophene rings is 1. The first-order valence-electron chi connectivity index (χ1n) is 12.7.